The lowest BCUT2D eigenvalue weighted by Gasteiger charge is -2.21. The minimum Gasteiger partial charge on any atom is -0.208 e. The van der Waals surface area contributed by atoms with Crippen LogP contribution in [-0.4, -0.2) is 17.5 Å². The molecule has 0 fully saturated rings. The molecule has 0 amide bonds. The van der Waals surface area contributed by atoms with Gasteiger partial charge in [0.1, 0.15) is 0 Å². The summed E-state index contributed by atoms with van der Waals surface area (Å²) in [4.78, 5) is 0. The Balaban J connectivity index is 2.29. The average molecular weight is 226 g/mol. The largest absolute Gasteiger partial charge is 0.208 e. The molecule has 1 unspecified atom stereocenters. The van der Waals surface area contributed by atoms with Gasteiger partial charge in [0.25, 0.3) is 0 Å². The minimum absolute atomic E-state index is 0.540. The van der Waals surface area contributed by atoms with Gasteiger partial charge in [0, 0.05) is 6.54 Å². The molecule has 0 aromatic carbocycles. The van der Waals surface area contributed by atoms with E-state index in [1.54, 1.807) is 9.99 Å². The molecule has 0 bridgehead atoms. The summed E-state index contributed by atoms with van der Waals surface area (Å²) < 4.78 is 1.70. The van der Waals surface area contributed by atoms with Gasteiger partial charge in [-0.15, -0.1) is 6.42 Å². The first-order chi connectivity index (χ1) is 7.26. The first-order valence-electron chi connectivity index (χ1n) is 5.80. The van der Waals surface area contributed by atoms with Gasteiger partial charge in [-0.3, -0.25) is 0 Å². The van der Waals surface area contributed by atoms with Crippen LogP contribution in [0.3, 0.4) is 0 Å². The Labute approximate surface area is 98.6 Å². The summed E-state index contributed by atoms with van der Waals surface area (Å²) >= 11 is 5.94. The van der Waals surface area contributed by atoms with E-state index in [2.05, 4.69) is 18.9 Å². The average Bonchev–Trinajstić information content (AvgIpc) is 2.27. The smallest absolute Gasteiger partial charge is 0.0748 e. The second-order valence-corrected chi connectivity index (χ2v) is 4.65. The predicted molar refractivity (Wildman–Crippen MR) is 66.6 cm³/mol. The van der Waals surface area contributed by atoms with Gasteiger partial charge in [-0.2, -0.15) is 0 Å². The first kappa shape index (κ1) is 12.6. The van der Waals surface area contributed by atoms with Crippen molar-refractivity contribution >= 4 is 11.8 Å². The molecule has 2 heteroatoms. The molecule has 1 atom stereocenters. The lowest BCUT2D eigenvalue weighted by Crippen LogP contribution is -2.17. The molecule has 84 valence electrons. The normalized spacial score (nSPS) is 21.2. The van der Waals surface area contributed by atoms with Crippen molar-refractivity contribution in [3.63, 3.8) is 0 Å². The fourth-order valence-corrected chi connectivity index (χ4v) is 2.26. The van der Waals surface area contributed by atoms with Gasteiger partial charge >= 0.3 is 0 Å². The predicted octanol–water partition coefficient (Wildman–Crippen LogP) is 3.60. The van der Waals surface area contributed by atoms with E-state index in [1.165, 1.54) is 25.7 Å². The maximum Gasteiger partial charge on any atom is 0.0748 e. The lowest BCUT2D eigenvalue weighted by atomic mass is 9.87. The van der Waals surface area contributed by atoms with Crippen LogP contribution in [-0.2, 0) is 0 Å². The molecular formula is C13H20ClN. The van der Waals surface area contributed by atoms with Crippen molar-refractivity contribution < 1.29 is 0 Å². The van der Waals surface area contributed by atoms with Crippen LogP contribution in [0.5, 0.6) is 0 Å². The quantitative estimate of drug-likeness (QED) is 0.393. The van der Waals surface area contributed by atoms with Crippen molar-refractivity contribution in [1.29, 1.82) is 0 Å². The van der Waals surface area contributed by atoms with E-state index >= 15 is 0 Å². The van der Waals surface area contributed by atoms with Crippen molar-refractivity contribution in [1.82, 2.24) is 4.42 Å². The van der Waals surface area contributed by atoms with Crippen LogP contribution in [0, 0.1) is 18.3 Å². The van der Waals surface area contributed by atoms with Gasteiger partial charge in [-0.1, -0.05) is 24.5 Å². The van der Waals surface area contributed by atoms with Crippen LogP contribution in [0.15, 0.2) is 11.6 Å². The molecule has 1 aliphatic rings. The fourth-order valence-electron chi connectivity index (χ4n) is 2.10. The third-order valence-corrected chi connectivity index (χ3v) is 3.29. The van der Waals surface area contributed by atoms with Gasteiger partial charge in [-0.25, -0.2) is 4.42 Å². The van der Waals surface area contributed by atoms with Gasteiger partial charge in [0.05, 0.1) is 6.54 Å². The fraction of sp³-hybridized carbons (Fsp3) is 0.692. The third kappa shape index (κ3) is 4.73. The van der Waals surface area contributed by atoms with Crippen molar-refractivity contribution in [3.05, 3.63) is 11.6 Å². The number of allylic oxidation sites excluding steroid dienone is 2. The number of hydrogen-bond donors (Lipinski definition) is 0. The zero-order valence-electron chi connectivity index (χ0n) is 9.51. The molecule has 0 spiro atoms. The molecule has 1 aliphatic carbocycles. The maximum absolute atomic E-state index is 5.94. The van der Waals surface area contributed by atoms with Gasteiger partial charge in [0.15, 0.2) is 0 Å². The van der Waals surface area contributed by atoms with E-state index < -0.39 is 0 Å². The van der Waals surface area contributed by atoms with Crippen LogP contribution >= 0.6 is 11.8 Å². The molecule has 0 radical (unpaired) electrons. The monoisotopic (exact) mass is 225 g/mol. The second-order valence-electron chi connectivity index (χ2n) is 4.17. The lowest BCUT2D eigenvalue weighted by molar-refractivity contribution is 0.413. The van der Waals surface area contributed by atoms with E-state index in [0.29, 0.717) is 12.5 Å². The van der Waals surface area contributed by atoms with Crippen molar-refractivity contribution in [2.45, 2.75) is 39.0 Å². The standard InChI is InChI=1S/C13H20ClN/c1-3-9-15(14)10-8-13-7-5-6-12(4-2)11-13/h1,11,13H,4-10H2,2H3. The van der Waals surface area contributed by atoms with Crippen LogP contribution in [0.25, 0.3) is 0 Å². The Hall–Kier alpha value is -0.450. The molecule has 0 aromatic heterocycles. The molecular weight excluding hydrogens is 206 g/mol. The van der Waals surface area contributed by atoms with E-state index in [9.17, 15) is 0 Å². The van der Waals surface area contributed by atoms with Crippen molar-refractivity contribution in [3.8, 4) is 12.3 Å². The van der Waals surface area contributed by atoms with E-state index in [-0.39, 0.29) is 0 Å². The highest BCUT2D eigenvalue weighted by molar-refractivity contribution is 6.13. The van der Waals surface area contributed by atoms with E-state index in [0.717, 1.165) is 13.0 Å². The molecule has 15 heavy (non-hydrogen) atoms. The number of terminal acetylenes is 1. The Morgan fingerprint density at radius 3 is 3.13 bits per heavy atom. The Bertz CT molecular complexity index is 252. The second kappa shape index (κ2) is 6.93. The minimum atomic E-state index is 0.540. The Morgan fingerprint density at radius 2 is 2.47 bits per heavy atom. The number of hydrogen-bond acceptors (Lipinski definition) is 1. The summed E-state index contributed by atoms with van der Waals surface area (Å²) in [5.74, 6) is 3.27. The van der Waals surface area contributed by atoms with Crippen LogP contribution in [0.4, 0.5) is 0 Å². The molecule has 0 N–H and O–H groups in total. The number of nitrogens with zero attached hydrogens (tertiary/aromatic N) is 1. The molecule has 0 saturated heterocycles. The van der Waals surface area contributed by atoms with Gasteiger partial charge < -0.3 is 0 Å². The highest BCUT2D eigenvalue weighted by Crippen LogP contribution is 2.27. The molecule has 0 aromatic rings. The molecule has 0 saturated carbocycles. The number of halogens is 1. The summed E-state index contributed by atoms with van der Waals surface area (Å²) in [6.07, 6.45) is 13.9. The topological polar surface area (TPSA) is 3.24 Å². The number of rotatable bonds is 5. The summed E-state index contributed by atoms with van der Waals surface area (Å²) in [7, 11) is 0. The zero-order valence-corrected chi connectivity index (χ0v) is 10.3. The summed E-state index contributed by atoms with van der Waals surface area (Å²) in [6.45, 7) is 3.67. The van der Waals surface area contributed by atoms with Crippen LogP contribution in [0.1, 0.15) is 39.0 Å². The summed E-state index contributed by atoms with van der Waals surface area (Å²) in [5, 5.41) is 0. The molecule has 1 nitrogen and oxygen atoms in total. The van der Waals surface area contributed by atoms with Crippen molar-refractivity contribution in [2.24, 2.45) is 5.92 Å². The van der Waals surface area contributed by atoms with Gasteiger partial charge in [0.2, 0.25) is 0 Å². The maximum atomic E-state index is 5.94. The van der Waals surface area contributed by atoms with Crippen molar-refractivity contribution in [2.75, 3.05) is 13.1 Å². The third-order valence-electron chi connectivity index (χ3n) is 3.00. The van der Waals surface area contributed by atoms with Gasteiger partial charge in [-0.05, 0) is 49.8 Å². The van der Waals surface area contributed by atoms with Crippen LogP contribution < -0.4 is 0 Å². The summed E-state index contributed by atoms with van der Waals surface area (Å²) in [6, 6.07) is 0. The highest BCUT2D eigenvalue weighted by Gasteiger charge is 2.13. The molecule has 0 heterocycles. The Morgan fingerprint density at radius 1 is 1.67 bits per heavy atom. The Kier molecular flexibility index (Phi) is 5.83. The first-order valence-corrected chi connectivity index (χ1v) is 6.13. The zero-order chi connectivity index (χ0) is 11.1. The van der Waals surface area contributed by atoms with Crippen LogP contribution in [0.2, 0.25) is 0 Å². The highest BCUT2D eigenvalue weighted by atomic mass is 35.5. The summed E-state index contributed by atoms with van der Waals surface area (Å²) in [5.41, 5.74) is 1.62. The van der Waals surface area contributed by atoms with E-state index in [1.807, 2.05) is 0 Å². The SMILES string of the molecule is C#CCN(Cl)CCC1C=C(CC)CCC1. The van der Waals surface area contributed by atoms with E-state index in [4.69, 9.17) is 18.2 Å². The molecule has 1 rings (SSSR count). The molecule has 0 aliphatic heterocycles.